The van der Waals surface area contributed by atoms with Crippen molar-refractivity contribution in [1.82, 2.24) is 5.32 Å². The molecule has 2 aliphatic heterocycles. The zero-order valence-electron chi connectivity index (χ0n) is 13.6. The summed E-state index contributed by atoms with van der Waals surface area (Å²) >= 11 is 0. The second-order valence-corrected chi connectivity index (χ2v) is 6.00. The van der Waals surface area contributed by atoms with Crippen molar-refractivity contribution in [2.45, 2.75) is 32.2 Å². The number of hydrogen-bond acceptors (Lipinski definition) is 5. The molecule has 0 saturated carbocycles. The molecule has 1 fully saturated rings. The van der Waals surface area contributed by atoms with Gasteiger partial charge in [-0.2, -0.15) is 0 Å². The molecule has 3 rings (SSSR count). The number of carbonyl (C=O) groups is 3. The average molecular weight is 331 g/mol. The van der Waals surface area contributed by atoms with Crippen LogP contribution < -0.4 is 15.5 Å². The van der Waals surface area contributed by atoms with Crippen LogP contribution in [0.5, 0.6) is 0 Å². The highest BCUT2D eigenvalue weighted by molar-refractivity contribution is 6.05. The fourth-order valence-corrected chi connectivity index (χ4v) is 3.09. The van der Waals surface area contributed by atoms with Gasteiger partial charge in [0.25, 0.3) is 5.91 Å². The summed E-state index contributed by atoms with van der Waals surface area (Å²) in [6.07, 6.45) is 2.65. The van der Waals surface area contributed by atoms with E-state index in [1.165, 1.54) is 0 Å². The SMILES string of the molecule is CCCNC(=O)COC(=O)c1ccc2c(c1)NC(=O)[C@@H]1CCCN21. The molecule has 2 N–H and O–H groups in total. The molecule has 24 heavy (non-hydrogen) atoms. The summed E-state index contributed by atoms with van der Waals surface area (Å²) in [6, 6.07) is 4.98. The summed E-state index contributed by atoms with van der Waals surface area (Å²) in [5.41, 5.74) is 1.85. The second kappa shape index (κ2) is 6.90. The number of nitrogens with zero attached hydrogens (tertiary/aromatic N) is 1. The van der Waals surface area contributed by atoms with Crippen LogP contribution in [-0.2, 0) is 14.3 Å². The van der Waals surface area contributed by atoms with Gasteiger partial charge in [0.2, 0.25) is 5.91 Å². The summed E-state index contributed by atoms with van der Waals surface area (Å²) in [5.74, 6) is -0.942. The smallest absolute Gasteiger partial charge is 0.338 e. The van der Waals surface area contributed by atoms with Crippen LogP contribution in [0.1, 0.15) is 36.5 Å². The quantitative estimate of drug-likeness (QED) is 0.794. The fraction of sp³-hybridized carbons (Fsp3) is 0.471. The van der Waals surface area contributed by atoms with Crippen molar-refractivity contribution in [3.05, 3.63) is 23.8 Å². The Hall–Kier alpha value is -2.57. The van der Waals surface area contributed by atoms with Crippen LogP contribution in [0.3, 0.4) is 0 Å². The first-order valence-electron chi connectivity index (χ1n) is 8.25. The number of anilines is 2. The molecule has 0 spiro atoms. The van der Waals surface area contributed by atoms with Gasteiger partial charge in [-0.1, -0.05) is 6.92 Å². The molecule has 7 heteroatoms. The Kier molecular flexibility index (Phi) is 4.69. The van der Waals surface area contributed by atoms with Crippen LogP contribution in [0.25, 0.3) is 0 Å². The Morgan fingerprint density at radius 1 is 1.42 bits per heavy atom. The first-order chi connectivity index (χ1) is 11.6. The summed E-state index contributed by atoms with van der Waals surface area (Å²) in [5, 5.41) is 5.49. The van der Waals surface area contributed by atoms with E-state index in [1.807, 2.05) is 13.0 Å². The molecular formula is C17H21N3O4. The van der Waals surface area contributed by atoms with E-state index in [1.54, 1.807) is 12.1 Å². The number of amides is 2. The summed E-state index contributed by atoms with van der Waals surface area (Å²) in [7, 11) is 0. The van der Waals surface area contributed by atoms with Crippen molar-refractivity contribution >= 4 is 29.2 Å². The lowest BCUT2D eigenvalue weighted by Gasteiger charge is -2.33. The molecule has 0 aliphatic carbocycles. The van der Waals surface area contributed by atoms with E-state index in [0.29, 0.717) is 17.8 Å². The number of carbonyl (C=O) groups excluding carboxylic acids is 3. The highest BCUT2D eigenvalue weighted by Crippen LogP contribution is 2.37. The predicted molar refractivity (Wildman–Crippen MR) is 89.0 cm³/mol. The number of fused-ring (bicyclic) bond motifs is 3. The predicted octanol–water partition coefficient (Wildman–Crippen LogP) is 1.29. The largest absolute Gasteiger partial charge is 0.452 e. The maximum atomic E-state index is 12.1. The van der Waals surface area contributed by atoms with Crippen LogP contribution in [0.15, 0.2) is 18.2 Å². The van der Waals surface area contributed by atoms with Gasteiger partial charge in [0.1, 0.15) is 6.04 Å². The Labute approximate surface area is 140 Å². The maximum absolute atomic E-state index is 12.1. The van der Waals surface area contributed by atoms with Gasteiger partial charge < -0.3 is 20.3 Å². The van der Waals surface area contributed by atoms with E-state index in [-0.39, 0.29) is 24.5 Å². The monoisotopic (exact) mass is 331 g/mol. The van der Waals surface area contributed by atoms with Gasteiger partial charge in [0, 0.05) is 13.1 Å². The van der Waals surface area contributed by atoms with Crippen molar-refractivity contribution in [3.63, 3.8) is 0 Å². The Bertz CT molecular complexity index is 674. The molecule has 0 unspecified atom stereocenters. The summed E-state index contributed by atoms with van der Waals surface area (Å²) in [6.45, 7) is 3.03. The number of nitrogens with one attached hydrogen (secondary N) is 2. The molecule has 0 bridgehead atoms. The Balaban J connectivity index is 1.68. The van der Waals surface area contributed by atoms with Gasteiger partial charge in [-0.25, -0.2) is 4.79 Å². The zero-order chi connectivity index (χ0) is 17.1. The third kappa shape index (κ3) is 3.20. The lowest BCUT2D eigenvalue weighted by molar-refractivity contribution is -0.124. The third-order valence-corrected chi connectivity index (χ3v) is 4.26. The first kappa shape index (κ1) is 16.3. The molecule has 2 amide bonds. The van der Waals surface area contributed by atoms with E-state index in [4.69, 9.17) is 4.74 Å². The highest BCUT2D eigenvalue weighted by atomic mass is 16.5. The molecule has 7 nitrogen and oxygen atoms in total. The second-order valence-electron chi connectivity index (χ2n) is 6.00. The maximum Gasteiger partial charge on any atom is 0.338 e. The van der Waals surface area contributed by atoms with Crippen molar-refractivity contribution < 1.29 is 19.1 Å². The summed E-state index contributed by atoms with van der Waals surface area (Å²) < 4.78 is 5.01. The van der Waals surface area contributed by atoms with Gasteiger partial charge in [-0.3, -0.25) is 9.59 Å². The third-order valence-electron chi connectivity index (χ3n) is 4.26. The van der Waals surface area contributed by atoms with Crippen LogP contribution in [0, 0.1) is 0 Å². The molecule has 0 radical (unpaired) electrons. The zero-order valence-corrected chi connectivity index (χ0v) is 13.6. The van der Waals surface area contributed by atoms with Gasteiger partial charge in [0.05, 0.1) is 16.9 Å². The molecule has 1 atom stereocenters. The van der Waals surface area contributed by atoms with E-state index in [0.717, 1.165) is 31.5 Å². The van der Waals surface area contributed by atoms with Crippen molar-refractivity contribution in [2.75, 3.05) is 29.9 Å². The standard InChI is InChI=1S/C17H21N3O4/c1-2-7-18-15(21)10-24-17(23)11-5-6-13-12(9-11)19-16(22)14-4-3-8-20(13)14/h5-6,9,14H,2-4,7-8,10H2,1H3,(H,18,21)(H,19,22)/t14-/m0/s1. The minimum atomic E-state index is -0.581. The number of rotatable bonds is 5. The molecule has 0 aromatic heterocycles. The Morgan fingerprint density at radius 2 is 2.25 bits per heavy atom. The molecule has 2 heterocycles. The number of benzene rings is 1. The number of hydrogen-bond donors (Lipinski definition) is 2. The van der Waals surface area contributed by atoms with Crippen LogP contribution >= 0.6 is 0 Å². The molecule has 2 aliphatic rings. The van der Waals surface area contributed by atoms with Crippen LogP contribution in [-0.4, -0.2) is 43.5 Å². The fourth-order valence-electron chi connectivity index (χ4n) is 3.09. The molecule has 1 aromatic rings. The van der Waals surface area contributed by atoms with Crippen molar-refractivity contribution in [1.29, 1.82) is 0 Å². The van der Waals surface area contributed by atoms with Gasteiger partial charge in [-0.15, -0.1) is 0 Å². The molecular weight excluding hydrogens is 310 g/mol. The topological polar surface area (TPSA) is 87.7 Å². The van der Waals surface area contributed by atoms with Crippen LogP contribution in [0.2, 0.25) is 0 Å². The first-order valence-corrected chi connectivity index (χ1v) is 8.25. The van der Waals surface area contributed by atoms with Gasteiger partial charge in [0.15, 0.2) is 6.61 Å². The highest BCUT2D eigenvalue weighted by Gasteiger charge is 2.36. The van der Waals surface area contributed by atoms with E-state index in [2.05, 4.69) is 15.5 Å². The number of ether oxygens (including phenoxy) is 1. The normalized spacial score (nSPS) is 18.5. The molecule has 128 valence electrons. The number of esters is 1. The van der Waals surface area contributed by atoms with Crippen molar-refractivity contribution in [3.8, 4) is 0 Å². The van der Waals surface area contributed by atoms with E-state index >= 15 is 0 Å². The van der Waals surface area contributed by atoms with Gasteiger partial charge in [-0.05, 0) is 37.5 Å². The Morgan fingerprint density at radius 3 is 3.04 bits per heavy atom. The lowest BCUT2D eigenvalue weighted by atomic mass is 10.1. The summed E-state index contributed by atoms with van der Waals surface area (Å²) in [4.78, 5) is 37.8. The molecule has 1 aromatic carbocycles. The lowest BCUT2D eigenvalue weighted by Crippen LogP contribution is -2.43. The minimum Gasteiger partial charge on any atom is -0.452 e. The van der Waals surface area contributed by atoms with Gasteiger partial charge >= 0.3 is 5.97 Å². The van der Waals surface area contributed by atoms with Crippen molar-refractivity contribution in [2.24, 2.45) is 0 Å². The van der Waals surface area contributed by atoms with Crippen LogP contribution in [0.4, 0.5) is 11.4 Å². The molecule has 1 saturated heterocycles. The average Bonchev–Trinajstić information content (AvgIpc) is 3.08. The van der Waals surface area contributed by atoms with E-state index in [9.17, 15) is 14.4 Å². The minimum absolute atomic E-state index is 0.0375. The van der Waals surface area contributed by atoms with E-state index < -0.39 is 5.97 Å².